The van der Waals surface area contributed by atoms with E-state index >= 15 is 0 Å². The van der Waals surface area contributed by atoms with Gasteiger partial charge in [0.2, 0.25) is 0 Å². The van der Waals surface area contributed by atoms with E-state index in [-0.39, 0.29) is 51.4 Å². The Bertz CT molecular complexity index is 1370. The summed E-state index contributed by atoms with van der Waals surface area (Å²) < 4.78 is 39.6. The maximum atomic E-state index is 14.1. The quantitative estimate of drug-likeness (QED) is 0.0318. The van der Waals surface area contributed by atoms with Crippen LogP contribution in [0.1, 0.15) is 259 Å². The monoisotopic (exact) mass is 1070 g/mol. The molecule has 1 heterocycles. The van der Waals surface area contributed by atoms with Gasteiger partial charge in [-0.1, -0.05) is 156 Å². The third-order valence-electron chi connectivity index (χ3n) is 14.1. The summed E-state index contributed by atoms with van der Waals surface area (Å²) in [7, 11) is 1.96. The van der Waals surface area contributed by atoms with Crippen LogP contribution in [0.3, 0.4) is 0 Å². The topological polar surface area (TPSA) is 187 Å². The van der Waals surface area contributed by atoms with E-state index < -0.39 is 78.4 Å². The molecule has 75 heavy (non-hydrogen) atoms. The number of nitrogens with zero attached hydrogens (tertiary/aromatic N) is 1. The summed E-state index contributed by atoms with van der Waals surface area (Å²) in [5, 5.41) is 0. The van der Waals surface area contributed by atoms with E-state index in [4.69, 9.17) is 33.2 Å². The van der Waals surface area contributed by atoms with Crippen LogP contribution in [0.15, 0.2) is 0 Å². The lowest BCUT2D eigenvalue weighted by Gasteiger charge is -2.29. The average molecular weight is 1070 g/mol. The summed E-state index contributed by atoms with van der Waals surface area (Å²) in [6.07, 6.45) is 26.9. The maximum Gasteiger partial charge on any atom is 0.319 e. The maximum absolute atomic E-state index is 14.1. The Morgan fingerprint density at radius 3 is 1.09 bits per heavy atom. The first-order valence-corrected chi connectivity index (χ1v) is 30.1. The van der Waals surface area contributed by atoms with Gasteiger partial charge in [0.1, 0.15) is 24.7 Å². The molecule has 1 fully saturated rings. The molecule has 1 aliphatic rings. The second-order valence-corrected chi connectivity index (χ2v) is 21.7. The molecule has 0 aromatic rings. The van der Waals surface area contributed by atoms with Crippen molar-refractivity contribution in [2.75, 3.05) is 59.8 Å². The van der Waals surface area contributed by atoms with Gasteiger partial charge in [0.25, 0.3) is 0 Å². The number of likely N-dealkylation sites (N-methyl/N-ethyl adjacent to an activating group) is 1. The van der Waals surface area contributed by atoms with Crippen molar-refractivity contribution in [2.45, 2.75) is 265 Å². The standard InChI is InChI=1S/C60H107NO14/c1-7-11-15-19-23-29-39-69-55(64)43-50(44-56(65)70-40-30-24-20-16-12-8-2)34-36-53(62)73-48-60(5,59(68)75-52-33-27-28-38-61(6)47-52)49-74-54(63)37-35-51(45-57(66)71-41-31-25-21-17-13-9-3)46-58(67)72-42-32-26-22-18-14-10-4/h50-52H,7-49H2,1-6H3. The number of rotatable bonds is 48. The van der Waals surface area contributed by atoms with Crippen LogP contribution in [0.2, 0.25) is 0 Å². The normalized spacial score (nSPS) is 14.1. The number of esters is 7. The molecule has 0 aliphatic carbocycles. The van der Waals surface area contributed by atoms with E-state index in [0.29, 0.717) is 39.4 Å². The van der Waals surface area contributed by atoms with Crippen LogP contribution in [-0.4, -0.2) is 113 Å². The molecule has 0 aromatic heterocycles. The molecule has 0 aromatic carbocycles. The van der Waals surface area contributed by atoms with Gasteiger partial charge in [-0.15, -0.1) is 0 Å². The van der Waals surface area contributed by atoms with Gasteiger partial charge in [-0.25, -0.2) is 0 Å². The fourth-order valence-corrected chi connectivity index (χ4v) is 9.11. The predicted molar refractivity (Wildman–Crippen MR) is 293 cm³/mol. The molecule has 1 unspecified atom stereocenters. The Morgan fingerprint density at radius 1 is 0.440 bits per heavy atom. The van der Waals surface area contributed by atoms with Crippen molar-refractivity contribution in [3.05, 3.63) is 0 Å². The molecule has 15 nitrogen and oxygen atoms in total. The van der Waals surface area contributed by atoms with E-state index in [1.165, 1.54) is 32.6 Å². The third kappa shape index (κ3) is 39.3. The molecule has 0 spiro atoms. The molecule has 0 radical (unpaired) electrons. The molecule has 0 N–H and O–H groups in total. The highest BCUT2D eigenvalue weighted by molar-refractivity contribution is 5.79. The Labute approximate surface area is 454 Å². The summed E-state index contributed by atoms with van der Waals surface area (Å²) in [6.45, 7) is 11.8. The minimum Gasteiger partial charge on any atom is -0.466 e. The minimum atomic E-state index is -1.59. The summed E-state index contributed by atoms with van der Waals surface area (Å²) in [5.74, 6) is -4.83. The summed E-state index contributed by atoms with van der Waals surface area (Å²) >= 11 is 0. The number of carbonyl (C=O) groups is 7. The molecule has 1 aliphatic heterocycles. The van der Waals surface area contributed by atoms with Crippen molar-refractivity contribution in [3.8, 4) is 0 Å². The van der Waals surface area contributed by atoms with E-state index in [1.54, 1.807) is 0 Å². The fourth-order valence-electron chi connectivity index (χ4n) is 9.11. The molecule has 1 saturated heterocycles. The van der Waals surface area contributed by atoms with Gasteiger partial charge in [0.05, 0.1) is 26.4 Å². The predicted octanol–water partition coefficient (Wildman–Crippen LogP) is 13.1. The SMILES string of the molecule is CCCCCCCCOC(=O)CC(CCC(=O)OCC(C)(COC(=O)CCC(CC(=O)OCCCCCCCC)CC(=O)OCCCCCCCC)C(=O)OC1CCCCN(C)C1)CC(=O)OCCCCCCCC. The van der Waals surface area contributed by atoms with Crippen LogP contribution in [0.4, 0.5) is 0 Å². The lowest BCUT2D eigenvalue weighted by molar-refractivity contribution is -0.175. The second kappa shape index (κ2) is 46.4. The van der Waals surface area contributed by atoms with E-state index in [9.17, 15) is 33.6 Å². The van der Waals surface area contributed by atoms with E-state index in [1.807, 2.05) is 7.05 Å². The van der Waals surface area contributed by atoms with Crippen molar-refractivity contribution < 1.29 is 66.7 Å². The Balaban J connectivity index is 3.05. The number of unbranched alkanes of at least 4 members (excludes halogenated alkanes) is 20. The van der Waals surface area contributed by atoms with Crippen LogP contribution < -0.4 is 0 Å². The summed E-state index contributed by atoms with van der Waals surface area (Å²) in [6, 6.07) is 0. The first-order chi connectivity index (χ1) is 36.2. The first kappa shape index (κ1) is 69.3. The molecular weight excluding hydrogens is 959 g/mol. The van der Waals surface area contributed by atoms with Crippen LogP contribution in [0.5, 0.6) is 0 Å². The lowest BCUT2D eigenvalue weighted by Crippen LogP contribution is -2.43. The minimum absolute atomic E-state index is 0.0628. The van der Waals surface area contributed by atoms with Gasteiger partial charge in [-0.05, 0) is 90.1 Å². The highest BCUT2D eigenvalue weighted by Gasteiger charge is 2.40. The van der Waals surface area contributed by atoms with Gasteiger partial charge < -0.3 is 38.1 Å². The first-order valence-electron chi connectivity index (χ1n) is 30.1. The largest absolute Gasteiger partial charge is 0.466 e. The Kier molecular flexibility index (Phi) is 42.8. The van der Waals surface area contributed by atoms with Crippen molar-refractivity contribution >= 4 is 41.8 Å². The fraction of sp³-hybridized carbons (Fsp3) is 0.883. The molecule has 0 amide bonds. The van der Waals surface area contributed by atoms with Crippen molar-refractivity contribution in [1.29, 1.82) is 0 Å². The van der Waals surface area contributed by atoms with Crippen molar-refractivity contribution in [1.82, 2.24) is 4.90 Å². The lowest BCUT2D eigenvalue weighted by atomic mass is 9.92. The Hall–Kier alpha value is -3.75. The van der Waals surface area contributed by atoms with E-state index in [0.717, 1.165) is 148 Å². The van der Waals surface area contributed by atoms with Gasteiger partial charge >= 0.3 is 41.8 Å². The molecule has 1 atom stereocenters. The molecular formula is C60H107NO14. The molecule has 1 rings (SSSR count). The third-order valence-corrected chi connectivity index (χ3v) is 14.1. The molecule has 15 heteroatoms. The zero-order valence-corrected chi connectivity index (χ0v) is 48.3. The second-order valence-electron chi connectivity index (χ2n) is 21.7. The average Bonchev–Trinajstić information content (AvgIpc) is 3.59. The summed E-state index contributed by atoms with van der Waals surface area (Å²) in [5.41, 5.74) is -1.59. The van der Waals surface area contributed by atoms with E-state index in [2.05, 4.69) is 32.6 Å². The van der Waals surface area contributed by atoms with Crippen molar-refractivity contribution in [3.63, 3.8) is 0 Å². The zero-order chi connectivity index (χ0) is 55.2. The van der Waals surface area contributed by atoms with Crippen LogP contribution >= 0.6 is 0 Å². The molecule has 0 saturated carbocycles. The highest BCUT2D eigenvalue weighted by Crippen LogP contribution is 2.26. The number of ether oxygens (including phenoxy) is 7. The number of hydrogen-bond donors (Lipinski definition) is 0. The van der Waals surface area contributed by atoms with Gasteiger partial charge in [-0.2, -0.15) is 0 Å². The number of likely N-dealkylation sites (tertiary alicyclic amines) is 1. The highest BCUT2D eigenvalue weighted by atomic mass is 16.6. The van der Waals surface area contributed by atoms with Crippen LogP contribution in [0.25, 0.3) is 0 Å². The molecule has 0 bridgehead atoms. The number of hydrogen-bond acceptors (Lipinski definition) is 15. The number of carbonyl (C=O) groups excluding carboxylic acids is 7. The van der Waals surface area contributed by atoms with Crippen LogP contribution in [-0.2, 0) is 66.7 Å². The van der Waals surface area contributed by atoms with Gasteiger partial charge in [0, 0.05) is 45.1 Å². The smallest absolute Gasteiger partial charge is 0.319 e. The van der Waals surface area contributed by atoms with Gasteiger partial charge in [-0.3, -0.25) is 33.6 Å². The van der Waals surface area contributed by atoms with Crippen LogP contribution in [0, 0.1) is 17.3 Å². The summed E-state index contributed by atoms with van der Waals surface area (Å²) in [4.78, 5) is 95.0. The molecule has 436 valence electrons. The zero-order valence-electron chi connectivity index (χ0n) is 48.3. The van der Waals surface area contributed by atoms with Crippen molar-refractivity contribution in [2.24, 2.45) is 17.3 Å². The Morgan fingerprint density at radius 2 is 0.760 bits per heavy atom. The van der Waals surface area contributed by atoms with Gasteiger partial charge in [0.15, 0.2) is 0 Å².